The van der Waals surface area contributed by atoms with Crippen LogP contribution in [0, 0.1) is 5.82 Å². The topological polar surface area (TPSA) is 61.9 Å². The molecule has 212 valence electrons. The van der Waals surface area contributed by atoms with Gasteiger partial charge in [-0.15, -0.1) is 0 Å². The van der Waals surface area contributed by atoms with E-state index in [0.29, 0.717) is 29.0 Å². The molecule has 4 aromatic carbocycles. The molecule has 1 N–H and O–H groups in total. The first kappa shape index (κ1) is 27.3. The first-order valence-corrected chi connectivity index (χ1v) is 14.0. The summed E-state index contributed by atoms with van der Waals surface area (Å²) < 4.78 is 19.0. The number of para-hydroxylation sites is 2. The zero-order valence-corrected chi connectivity index (χ0v) is 23.8. The van der Waals surface area contributed by atoms with Crippen molar-refractivity contribution in [2.45, 2.75) is 24.8 Å². The van der Waals surface area contributed by atoms with E-state index in [1.54, 1.807) is 48.4 Å². The zero-order valence-electron chi connectivity index (χ0n) is 23.8. The second-order valence-corrected chi connectivity index (χ2v) is 10.9. The summed E-state index contributed by atoms with van der Waals surface area (Å²) in [6, 6.07) is 28.4. The average Bonchev–Trinajstić information content (AvgIpc) is 3.16. The number of ether oxygens (including phenoxy) is 1. The van der Waals surface area contributed by atoms with Crippen molar-refractivity contribution < 1.29 is 18.7 Å². The third-order valence-electron chi connectivity index (χ3n) is 8.11. The Morgan fingerprint density at radius 1 is 0.881 bits per heavy atom. The molecule has 0 spiro atoms. The zero-order chi connectivity index (χ0) is 29.4. The molecule has 4 aromatic rings. The highest BCUT2D eigenvalue weighted by molar-refractivity contribution is 6.12. The minimum Gasteiger partial charge on any atom is -0.497 e. The summed E-state index contributed by atoms with van der Waals surface area (Å²) in [4.78, 5) is 32.4. The van der Waals surface area contributed by atoms with Gasteiger partial charge in [0.1, 0.15) is 11.6 Å². The van der Waals surface area contributed by atoms with Crippen LogP contribution in [-0.2, 0) is 4.79 Å². The van der Waals surface area contributed by atoms with E-state index in [0.717, 1.165) is 28.2 Å². The molecule has 6 nitrogen and oxygen atoms in total. The second kappa shape index (κ2) is 11.2. The number of carbonyl (C=O) groups is 2. The Balaban J connectivity index is 1.54. The molecule has 1 heterocycles. The number of rotatable bonds is 5. The number of hydrogen-bond acceptors (Lipinski definition) is 5. The minimum absolute atomic E-state index is 0.0416. The molecule has 6 rings (SSSR count). The molecule has 0 saturated carbocycles. The van der Waals surface area contributed by atoms with Crippen LogP contribution >= 0.6 is 0 Å². The van der Waals surface area contributed by atoms with E-state index >= 15 is 0 Å². The average molecular weight is 562 g/mol. The number of nitrogens with zero attached hydrogens (tertiary/aromatic N) is 2. The third-order valence-corrected chi connectivity index (χ3v) is 8.11. The number of ketones is 1. The van der Waals surface area contributed by atoms with Crippen LogP contribution in [0.5, 0.6) is 5.75 Å². The van der Waals surface area contributed by atoms with Crippen molar-refractivity contribution in [3.63, 3.8) is 0 Å². The maximum atomic E-state index is 14.5. The molecule has 2 atom stereocenters. The number of hydrogen-bond donors (Lipinski definition) is 1. The summed E-state index contributed by atoms with van der Waals surface area (Å²) >= 11 is 0. The number of anilines is 3. The van der Waals surface area contributed by atoms with E-state index in [1.807, 2.05) is 67.5 Å². The highest BCUT2D eigenvalue weighted by atomic mass is 19.1. The number of fused-ring (bicyclic) bond motifs is 1. The molecule has 0 radical (unpaired) electrons. The molecule has 7 heteroatoms. The maximum Gasteiger partial charge on any atom is 0.259 e. The number of benzene rings is 4. The standard InChI is InChI=1S/C35H32FN3O3/c1-38(2)27-16-10-23(11-17-27)34-33-30(20-25(21-32(33)40)22-8-14-26(36)15-9-22)37-29-6-4-5-7-31(29)39(34)35(41)24-12-18-28(42-3)19-13-24/h4-19,25,34,37H,20-21H2,1-3H3/t25-,34+/m0/s1. The van der Waals surface area contributed by atoms with Gasteiger partial charge in [0.2, 0.25) is 0 Å². The van der Waals surface area contributed by atoms with Crippen molar-refractivity contribution in [3.05, 3.63) is 131 Å². The number of methoxy groups -OCH3 is 1. The lowest BCUT2D eigenvalue weighted by Crippen LogP contribution is -2.38. The highest BCUT2D eigenvalue weighted by Gasteiger charge is 2.42. The first-order valence-electron chi connectivity index (χ1n) is 14.0. The Labute approximate surface area is 245 Å². The van der Waals surface area contributed by atoms with Crippen LogP contribution in [0.4, 0.5) is 21.5 Å². The van der Waals surface area contributed by atoms with E-state index in [2.05, 4.69) is 5.32 Å². The lowest BCUT2D eigenvalue weighted by molar-refractivity contribution is -0.116. The summed E-state index contributed by atoms with van der Waals surface area (Å²) in [6.07, 6.45) is 0.817. The molecule has 0 bridgehead atoms. The summed E-state index contributed by atoms with van der Waals surface area (Å²) in [5.41, 5.74) is 6.02. The van der Waals surface area contributed by atoms with Gasteiger partial charge in [-0.05, 0) is 84.1 Å². The van der Waals surface area contributed by atoms with Crippen LogP contribution in [0.3, 0.4) is 0 Å². The van der Waals surface area contributed by atoms with Gasteiger partial charge >= 0.3 is 0 Å². The molecule has 0 aromatic heterocycles. The van der Waals surface area contributed by atoms with Crippen LogP contribution in [0.2, 0.25) is 0 Å². The van der Waals surface area contributed by atoms with Gasteiger partial charge in [0.25, 0.3) is 5.91 Å². The smallest absolute Gasteiger partial charge is 0.259 e. The van der Waals surface area contributed by atoms with Crippen LogP contribution in [-0.4, -0.2) is 32.9 Å². The lowest BCUT2D eigenvalue weighted by atomic mass is 9.78. The van der Waals surface area contributed by atoms with Crippen LogP contribution in [0.1, 0.15) is 46.3 Å². The SMILES string of the molecule is COc1ccc(C(=O)N2c3ccccc3NC3=C(C(=O)C[C@@H](c4ccc(F)cc4)C3)[C@H]2c2ccc(N(C)C)cc2)cc1. The highest BCUT2D eigenvalue weighted by Crippen LogP contribution is 2.48. The van der Waals surface area contributed by atoms with Gasteiger partial charge < -0.3 is 15.0 Å². The van der Waals surface area contributed by atoms with Crippen molar-refractivity contribution in [1.29, 1.82) is 0 Å². The summed E-state index contributed by atoms with van der Waals surface area (Å²) in [7, 11) is 5.53. The molecule has 0 unspecified atom stereocenters. The van der Waals surface area contributed by atoms with E-state index < -0.39 is 6.04 Å². The number of allylic oxidation sites excluding steroid dienone is 1. The van der Waals surface area contributed by atoms with Gasteiger partial charge in [-0.3, -0.25) is 14.5 Å². The number of halogens is 1. The van der Waals surface area contributed by atoms with Gasteiger partial charge in [0.15, 0.2) is 5.78 Å². The first-order chi connectivity index (χ1) is 20.3. The fourth-order valence-corrected chi connectivity index (χ4v) is 5.93. The summed E-state index contributed by atoms with van der Waals surface area (Å²) in [6.45, 7) is 0. The van der Waals surface area contributed by atoms with Crippen molar-refractivity contribution in [2.75, 3.05) is 36.3 Å². The predicted octanol–water partition coefficient (Wildman–Crippen LogP) is 7.11. The quantitative estimate of drug-likeness (QED) is 0.281. The Morgan fingerprint density at radius 3 is 2.21 bits per heavy atom. The minimum atomic E-state index is -0.663. The molecular weight excluding hydrogens is 529 g/mol. The van der Waals surface area contributed by atoms with E-state index in [9.17, 15) is 14.0 Å². The molecule has 1 aliphatic carbocycles. The van der Waals surface area contributed by atoms with Crippen molar-refractivity contribution in [1.82, 2.24) is 0 Å². The number of carbonyl (C=O) groups excluding carboxylic acids is 2. The van der Waals surface area contributed by atoms with E-state index in [4.69, 9.17) is 4.74 Å². The molecule has 0 fully saturated rings. The summed E-state index contributed by atoms with van der Waals surface area (Å²) in [5.74, 6) is -0.0381. The molecule has 1 amide bonds. The Morgan fingerprint density at radius 2 is 1.55 bits per heavy atom. The molecular formula is C35H32FN3O3. The van der Waals surface area contributed by atoms with Crippen molar-refractivity contribution >= 4 is 28.8 Å². The monoisotopic (exact) mass is 561 g/mol. The van der Waals surface area contributed by atoms with Crippen molar-refractivity contribution in [3.8, 4) is 5.75 Å². The predicted molar refractivity (Wildman–Crippen MR) is 164 cm³/mol. The lowest BCUT2D eigenvalue weighted by Gasteiger charge is -2.35. The van der Waals surface area contributed by atoms with Gasteiger partial charge in [-0.1, -0.05) is 36.4 Å². The summed E-state index contributed by atoms with van der Waals surface area (Å²) in [5, 5.41) is 3.55. The van der Waals surface area contributed by atoms with Gasteiger partial charge in [-0.25, -0.2) is 4.39 Å². The van der Waals surface area contributed by atoms with Gasteiger partial charge in [-0.2, -0.15) is 0 Å². The Hall–Kier alpha value is -4.91. The largest absolute Gasteiger partial charge is 0.497 e. The van der Waals surface area contributed by atoms with E-state index in [1.165, 1.54) is 12.1 Å². The number of amides is 1. The van der Waals surface area contributed by atoms with Gasteiger partial charge in [0, 0.05) is 43.0 Å². The third kappa shape index (κ3) is 5.02. The Bertz CT molecular complexity index is 1660. The molecule has 1 aliphatic heterocycles. The normalized spacial score (nSPS) is 18.0. The van der Waals surface area contributed by atoms with Crippen LogP contribution in [0.15, 0.2) is 108 Å². The van der Waals surface area contributed by atoms with E-state index in [-0.39, 0.29) is 29.8 Å². The van der Waals surface area contributed by atoms with Crippen LogP contribution in [0.25, 0.3) is 0 Å². The fraction of sp³-hybridized carbons (Fsp3) is 0.200. The Kier molecular flexibility index (Phi) is 7.25. The number of nitrogens with one attached hydrogen (secondary N) is 1. The van der Waals surface area contributed by atoms with Crippen LogP contribution < -0.4 is 19.9 Å². The van der Waals surface area contributed by atoms with Gasteiger partial charge in [0.05, 0.1) is 24.5 Å². The number of Topliss-reactive ketones (excluding diaryl/α,β-unsaturated/α-hetero) is 1. The molecule has 2 aliphatic rings. The maximum absolute atomic E-state index is 14.5. The fourth-order valence-electron chi connectivity index (χ4n) is 5.93. The molecule has 0 saturated heterocycles. The second-order valence-electron chi connectivity index (χ2n) is 10.9. The van der Waals surface area contributed by atoms with Crippen molar-refractivity contribution in [2.24, 2.45) is 0 Å². The molecule has 42 heavy (non-hydrogen) atoms.